The van der Waals surface area contributed by atoms with Crippen LogP contribution < -0.4 is 4.74 Å². The van der Waals surface area contributed by atoms with Gasteiger partial charge < -0.3 is 14.6 Å². The van der Waals surface area contributed by atoms with Crippen molar-refractivity contribution in [3.8, 4) is 5.75 Å². The van der Waals surface area contributed by atoms with E-state index in [1.165, 1.54) is 12.1 Å². The monoisotopic (exact) mass is 375 g/mol. The Morgan fingerprint density at radius 3 is 2.37 bits per heavy atom. The molecule has 0 aliphatic carbocycles. The number of methoxy groups -OCH3 is 1. The second kappa shape index (κ2) is 11.0. The Kier molecular flexibility index (Phi) is 8.72. The molecule has 2 aromatic carbocycles. The minimum Gasteiger partial charge on any atom is -0.496 e. The highest BCUT2D eigenvalue weighted by atomic mass is 19.1. The van der Waals surface area contributed by atoms with E-state index in [4.69, 9.17) is 9.47 Å². The van der Waals surface area contributed by atoms with Gasteiger partial charge in [-0.25, -0.2) is 4.39 Å². The maximum atomic E-state index is 13.2. The molecule has 0 amide bonds. The van der Waals surface area contributed by atoms with Gasteiger partial charge in [-0.05, 0) is 29.7 Å². The third kappa shape index (κ3) is 7.67. The second-order valence-electron chi connectivity index (χ2n) is 7.19. The van der Waals surface area contributed by atoms with Crippen LogP contribution in [0.1, 0.15) is 25.0 Å². The fourth-order valence-corrected chi connectivity index (χ4v) is 2.90. The number of rotatable bonds is 11. The minimum absolute atomic E-state index is 0.253. The lowest BCUT2D eigenvalue weighted by atomic mass is 10.1. The lowest BCUT2D eigenvalue weighted by molar-refractivity contribution is 0.00544. The zero-order valence-electron chi connectivity index (χ0n) is 16.4. The van der Waals surface area contributed by atoms with Gasteiger partial charge in [0.05, 0.1) is 19.8 Å². The van der Waals surface area contributed by atoms with Gasteiger partial charge in [-0.3, -0.25) is 4.90 Å². The summed E-state index contributed by atoms with van der Waals surface area (Å²) in [5.41, 5.74) is 2.03. The van der Waals surface area contributed by atoms with Crippen LogP contribution in [0.4, 0.5) is 4.39 Å². The number of ether oxygens (including phenoxy) is 2. The summed E-state index contributed by atoms with van der Waals surface area (Å²) in [6.45, 7) is 6.74. The lowest BCUT2D eigenvalue weighted by Crippen LogP contribution is -2.34. The van der Waals surface area contributed by atoms with Gasteiger partial charge in [-0.1, -0.05) is 44.2 Å². The van der Waals surface area contributed by atoms with Crippen molar-refractivity contribution in [3.63, 3.8) is 0 Å². The zero-order valence-corrected chi connectivity index (χ0v) is 16.4. The van der Waals surface area contributed by atoms with Crippen molar-refractivity contribution in [2.24, 2.45) is 5.92 Å². The predicted octanol–water partition coefficient (Wildman–Crippen LogP) is 3.87. The Hall–Kier alpha value is -1.95. The number of hydrogen-bond donors (Lipinski definition) is 1. The number of nitrogens with zero attached hydrogens (tertiary/aromatic N) is 1. The summed E-state index contributed by atoms with van der Waals surface area (Å²) in [5.74, 6) is 0.991. The Morgan fingerprint density at radius 1 is 1.00 bits per heavy atom. The molecule has 0 saturated carbocycles. The number of benzene rings is 2. The second-order valence-corrected chi connectivity index (χ2v) is 7.19. The average molecular weight is 375 g/mol. The van der Waals surface area contributed by atoms with E-state index >= 15 is 0 Å². The van der Waals surface area contributed by atoms with Crippen molar-refractivity contribution in [3.05, 3.63) is 65.5 Å². The fraction of sp³-hybridized carbons (Fsp3) is 0.455. The largest absolute Gasteiger partial charge is 0.496 e. The van der Waals surface area contributed by atoms with Crippen LogP contribution in [0.15, 0.2) is 48.5 Å². The molecular weight excluding hydrogens is 345 g/mol. The molecule has 0 fully saturated rings. The van der Waals surface area contributed by atoms with Crippen LogP contribution in [0.2, 0.25) is 0 Å². The summed E-state index contributed by atoms with van der Waals surface area (Å²) < 4.78 is 24.2. The van der Waals surface area contributed by atoms with E-state index in [0.29, 0.717) is 38.8 Å². The van der Waals surface area contributed by atoms with Crippen LogP contribution in [0.3, 0.4) is 0 Å². The first-order valence-corrected chi connectivity index (χ1v) is 9.32. The number of hydrogen-bond acceptors (Lipinski definition) is 4. The highest BCUT2D eigenvalue weighted by molar-refractivity contribution is 5.33. The highest BCUT2D eigenvalue weighted by Crippen LogP contribution is 2.20. The van der Waals surface area contributed by atoms with Crippen molar-refractivity contribution >= 4 is 0 Å². The van der Waals surface area contributed by atoms with E-state index in [-0.39, 0.29) is 5.82 Å². The van der Waals surface area contributed by atoms with E-state index in [1.54, 1.807) is 19.2 Å². The van der Waals surface area contributed by atoms with Gasteiger partial charge in [0.2, 0.25) is 0 Å². The van der Waals surface area contributed by atoms with Crippen LogP contribution >= 0.6 is 0 Å². The van der Waals surface area contributed by atoms with Crippen LogP contribution in [-0.4, -0.2) is 43.0 Å². The van der Waals surface area contributed by atoms with Crippen molar-refractivity contribution in [2.75, 3.05) is 26.9 Å². The summed E-state index contributed by atoms with van der Waals surface area (Å²) in [4.78, 5) is 2.12. The first-order chi connectivity index (χ1) is 13.0. The number of aliphatic hydroxyl groups is 1. The molecule has 27 heavy (non-hydrogen) atoms. The van der Waals surface area contributed by atoms with E-state index in [1.807, 2.05) is 24.3 Å². The topological polar surface area (TPSA) is 41.9 Å². The molecule has 1 N–H and O–H groups in total. The molecule has 5 heteroatoms. The molecule has 2 aromatic rings. The number of para-hydroxylation sites is 1. The molecule has 0 aromatic heterocycles. The standard InChI is InChI=1S/C22H30FNO3/c1-17(2)15-27-16-21(25)14-24(12-18-8-10-20(23)11-9-18)13-19-6-4-5-7-22(19)26-3/h4-11,17,21,25H,12-16H2,1-3H3/t21-/m1/s1. The maximum absolute atomic E-state index is 13.2. The smallest absolute Gasteiger partial charge is 0.123 e. The summed E-state index contributed by atoms with van der Waals surface area (Å²) in [6, 6.07) is 14.3. The SMILES string of the molecule is COc1ccccc1CN(Cc1ccc(F)cc1)C[C@@H](O)COCC(C)C. The van der Waals surface area contributed by atoms with Gasteiger partial charge >= 0.3 is 0 Å². The van der Waals surface area contributed by atoms with Gasteiger partial charge in [-0.15, -0.1) is 0 Å². The summed E-state index contributed by atoms with van der Waals surface area (Å²) in [6.07, 6.45) is -0.598. The van der Waals surface area contributed by atoms with Crippen molar-refractivity contribution in [1.29, 1.82) is 0 Å². The van der Waals surface area contributed by atoms with Crippen LogP contribution in [0, 0.1) is 11.7 Å². The Bertz CT molecular complexity index is 676. The first kappa shape index (κ1) is 21.4. The van der Waals surface area contributed by atoms with Crippen molar-refractivity contribution in [1.82, 2.24) is 4.90 Å². The van der Waals surface area contributed by atoms with Crippen LogP contribution in [0.25, 0.3) is 0 Å². The van der Waals surface area contributed by atoms with E-state index < -0.39 is 6.10 Å². The third-order valence-electron chi connectivity index (χ3n) is 4.14. The minimum atomic E-state index is -0.598. The summed E-state index contributed by atoms with van der Waals surface area (Å²) in [7, 11) is 1.65. The zero-order chi connectivity index (χ0) is 19.6. The third-order valence-corrected chi connectivity index (χ3v) is 4.14. The molecule has 2 rings (SSSR count). The van der Waals surface area contributed by atoms with Gasteiger partial charge in [0.25, 0.3) is 0 Å². The molecule has 0 aliphatic rings. The summed E-state index contributed by atoms with van der Waals surface area (Å²) in [5, 5.41) is 10.4. The quantitative estimate of drug-likeness (QED) is 0.647. The number of aliphatic hydroxyl groups excluding tert-OH is 1. The Balaban J connectivity index is 2.06. The van der Waals surface area contributed by atoms with E-state index in [0.717, 1.165) is 16.9 Å². The van der Waals surface area contributed by atoms with E-state index in [2.05, 4.69) is 18.7 Å². The molecule has 148 valence electrons. The highest BCUT2D eigenvalue weighted by Gasteiger charge is 2.15. The van der Waals surface area contributed by atoms with Crippen molar-refractivity contribution < 1.29 is 19.0 Å². The molecule has 0 aliphatic heterocycles. The molecule has 1 atom stereocenters. The van der Waals surface area contributed by atoms with Crippen LogP contribution in [-0.2, 0) is 17.8 Å². The average Bonchev–Trinajstić information content (AvgIpc) is 2.63. The van der Waals surface area contributed by atoms with E-state index in [9.17, 15) is 9.50 Å². The fourth-order valence-electron chi connectivity index (χ4n) is 2.90. The molecule has 4 nitrogen and oxygen atoms in total. The van der Waals surface area contributed by atoms with Gasteiger partial charge in [0.1, 0.15) is 11.6 Å². The van der Waals surface area contributed by atoms with Crippen molar-refractivity contribution in [2.45, 2.75) is 33.0 Å². The normalized spacial score (nSPS) is 12.6. The molecule has 0 bridgehead atoms. The molecule has 0 unspecified atom stereocenters. The molecule has 0 spiro atoms. The Labute approximate surface area is 161 Å². The molecule has 0 saturated heterocycles. The maximum Gasteiger partial charge on any atom is 0.123 e. The predicted molar refractivity (Wildman–Crippen MR) is 105 cm³/mol. The first-order valence-electron chi connectivity index (χ1n) is 9.32. The number of halogens is 1. The Morgan fingerprint density at radius 2 is 1.70 bits per heavy atom. The van der Waals surface area contributed by atoms with Crippen LogP contribution in [0.5, 0.6) is 5.75 Å². The van der Waals surface area contributed by atoms with Gasteiger partial charge in [0, 0.05) is 31.8 Å². The molecule has 0 radical (unpaired) electrons. The van der Waals surface area contributed by atoms with Gasteiger partial charge in [0.15, 0.2) is 0 Å². The van der Waals surface area contributed by atoms with Gasteiger partial charge in [-0.2, -0.15) is 0 Å². The summed E-state index contributed by atoms with van der Waals surface area (Å²) >= 11 is 0. The lowest BCUT2D eigenvalue weighted by Gasteiger charge is -2.26. The molecule has 0 heterocycles. The molecular formula is C22H30FNO3.